The van der Waals surface area contributed by atoms with E-state index in [4.69, 9.17) is 16.3 Å². The van der Waals surface area contributed by atoms with Gasteiger partial charge in [0.05, 0.1) is 23.8 Å². The minimum Gasteiger partial charge on any atom is -0.496 e. The number of ether oxygens (including phenoxy) is 1. The summed E-state index contributed by atoms with van der Waals surface area (Å²) in [6, 6.07) is 8.56. The van der Waals surface area contributed by atoms with Crippen molar-refractivity contribution in [3.63, 3.8) is 0 Å². The van der Waals surface area contributed by atoms with E-state index in [1.807, 2.05) is 0 Å². The lowest BCUT2D eigenvalue weighted by atomic mass is 10.00. The van der Waals surface area contributed by atoms with Crippen LogP contribution in [0.15, 0.2) is 36.4 Å². The first-order valence-electron chi connectivity index (χ1n) is 5.98. The fraction of sp³-hybridized carbons (Fsp3) is 0.200. The summed E-state index contributed by atoms with van der Waals surface area (Å²) in [5.74, 6) is -0.911. The molecule has 5 heteroatoms. The van der Waals surface area contributed by atoms with Gasteiger partial charge in [0.25, 0.3) is 0 Å². The second-order valence-corrected chi connectivity index (χ2v) is 4.67. The Morgan fingerprint density at radius 1 is 1.15 bits per heavy atom. The van der Waals surface area contributed by atoms with Crippen molar-refractivity contribution in [1.82, 2.24) is 0 Å². The molecule has 0 aliphatic carbocycles. The molecule has 0 aromatic heterocycles. The number of rotatable bonds is 4. The van der Waals surface area contributed by atoms with Gasteiger partial charge in [0, 0.05) is 6.42 Å². The van der Waals surface area contributed by atoms with Crippen molar-refractivity contribution in [2.75, 3.05) is 7.11 Å². The third-order valence-electron chi connectivity index (χ3n) is 3.01. The van der Waals surface area contributed by atoms with E-state index < -0.39 is 17.7 Å². The van der Waals surface area contributed by atoms with Crippen LogP contribution in [0.3, 0.4) is 0 Å². The topological polar surface area (TPSA) is 29.5 Å². The molecule has 106 valence electrons. The molecular formula is C15H13ClF2O2. The van der Waals surface area contributed by atoms with Gasteiger partial charge < -0.3 is 9.84 Å². The highest BCUT2D eigenvalue weighted by molar-refractivity contribution is 6.31. The average Bonchev–Trinajstić information content (AvgIpc) is 2.43. The zero-order valence-corrected chi connectivity index (χ0v) is 11.5. The van der Waals surface area contributed by atoms with E-state index in [1.165, 1.54) is 31.4 Å². The van der Waals surface area contributed by atoms with E-state index in [-0.39, 0.29) is 22.8 Å². The second-order valence-electron chi connectivity index (χ2n) is 4.29. The van der Waals surface area contributed by atoms with Crippen LogP contribution < -0.4 is 4.74 Å². The molecule has 2 aromatic carbocycles. The summed E-state index contributed by atoms with van der Waals surface area (Å²) in [6.07, 6.45) is -1.18. The van der Waals surface area contributed by atoms with E-state index in [2.05, 4.69) is 0 Å². The number of aliphatic hydroxyl groups excluding tert-OH is 1. The Kier molecular flexibility index (Phi) is 4.57. The Hall–Kier alpha value is -1.65. The van der Waals surface area contributed by atoms with Crippen LogP contribution in [0.1, 0.15) is 17.2 Å². The summed E-state index contributed by atoms with van der Waals surface area (Å²) in [7, 11) is 1.39. The van der Waals surface area contributed by atoms with E-state index in [0.717, 1.165) is 0 Å². The first-order chi connectivity index (χ1) is 9.54. The molecule has 1 N–H and O–H groups in total. The molecule has 0 spiro atoms. The lowest BCUT2D eigenvalue weighted by Crippen LogP contribution is -2.07. The van der Waals surface area contributed by atoms with Gasteiger partial charge in [0.2, 0.25) is 0 Å². The Bertz CT molecular complexity index is 617. The molecule has 0 fully saturated rings. The van der Waals surface area contributed by atoms with Crippen molar-refractivity contribution in [1.29, 1.82) is 0 Å². The van der Waals surface area contributed by atoms with Crippen molar-refractivity contribution in [2.45, 2.75) is 12.5 Å². The van der Waals surface area contributed by atoms with Crippen molar-refractivity contribution in [3.8, 4) is 5.75 Å². The quantitative estimate of drug-likeness (QED) is 0.927. The highest BCUT2D eigenvalue weighted by Crippen LogP contribution is 2.32. The van der Waals surface area contributed by atoms with E-state index in [1.54, 1.807) is 12.1 Å². The van der Waals surface area contributed by atoms with Crippen LogP contribution in [0.4, 0.5) is 8.78 Å². The Morgan fingerprint density at radius 3 is 2.50 bits per heavy atom. The van der Waals surface area contributed by atoms with Crippen LogP contribution in [-0.4, -0.2) is 12.2 Å². The van der Waals surface area contributed by atoms with Crippen molar-refractivity contribution in [3.05, 3.63) is 64.2 Å². The maximum Gasteiger partial charge on any atom is 0.142 e. The first-order valence-corrected chi connectivity index (χ1v) is 6.35. The molecular weight excluding hydrogens is 286 g/mol. The Balaban J connectivity index is 2.33. The van der Waals surface area contributed by atoms with Crippen LogP contribution in [0.2, 0.25) is 5.02 Å². The summed E-state index contributed by atoms with van der Waals surface area (Å²) < 4.78 is 32.2. The lowest BCUT2D eigenvalue weighted by molar-refractivity contribution is 0.169. The Morgan fingerprint density at radius 2 is 1.80 bits per heavy atom. The van der Waals surface area contributed by atoms with Crippen LogP contribution in [-0.2, 0) is 6.42 Å². The summed E-state index contributed by atoms with van der Waals surface area (Å²) >= 11 is 5.83. The lowest BCUT2D eigenvalue weighted by Gasteiger charge is -2.16. The van der Waals surface area contributed by atoms with E-state index >= 15 is 0 Å². The monoisotopic (exact) mass is 298 g/mol. The maximum absolute atomic E-state index is 13.8. The molecule has 0 radical (unpaired) electrons. The number of hydrogen-bond donors (Lipinski definition) is 1. The van der Waals surface area contributed by atoms with Gasteiger partial charge in [-0.05, 0) is 23.8 Å². The molecule has 0 heterocycles. The van der Waals surface area contributed by atoms with Crippen LogP contribution in [0.5, 0.6) is 5.75 Å². The normalized spacial score (nSPS) is 12.2. The van der Waals surface area contributed by atoms with Gasteiger partial charge >= 0.3 is 0 Å². The van der Waals surface area contributed by atoms with Gasteiger partial charge in [-0.1, -0.05) is 29.8 Å². The summed E-state index contributed by atoms with van der Waals surface area (Å²) in [6.45, 7) is 0. The molecule has 0 amide bonds. The predicted molar refractivity (Wildman–Crippen MR) is 73.0 cm³/mol. The number of aliphatic hydroxyl groups is 1. The molecule has 2 aromatic rings. The second kappa shape index (κ2) is 6.20. The molecule has 0 aliphatic heterocycles. The number of methoxy groups -OCH3 is 1. The summed E-state index contributed by atoms with van der Waals surface area (Å²) in [5, 5.41) is 10.1. The predicted octanol–water partition coefficient (Wildman–Crippen LogP) is 3.90. The maximum atomic E-state index is 13.8. The third kappa shape index (κ3) is 2.92. The molecule has 0 bridgehead atoms. The SMILES string of the molecule is COc1cccc(F)c1C(O)Cc1cccc(F)c1Cl. The minimum atomic E-state index is -1.18. The molecule has 0 saturated heterocycles. The standard InChI is InChI=1S/C15H13ClF2O2/c1-20-13-7-3-5-10(17)14(13)12(19)8-9-4-2-6-11(18)15(9)16/h2-7,12,19H,8H2,1H3. The number of halogens is 3. The first kappa shape index (κ1) is 14.8. The highest BCUT2D eigenvalue weighted by Gasteiger charge is 2.20. The fourth-order valence-corrected chi connectivity index (χ4v) is 2.24. The van der Waals surface area contributed by atoms with E-state index in [9.17, 15) is 13.9 Å². The summed E-state index contributed by atoms with van der Waals surface area (Å²) in [4.78, 5) is 0. The zero-order valence-electron chi connectivity index (χ0n) is 10.7. The average molecular weight is 299 g/mol. The molecule has 0 saturated carbocycles. The van der Waals surface area contributed by atoms with Crippen molar-refractivity contribution >= 4 is 11.6 Å². The molecule has 1 atom stereocenters. The molecule has 2 rings (SSSR count). The molecule has 2 nitrogen and oxygen atoms in total. The van der Waals surface area contributed by atoms with Crippen LogP contribution >= 0.6 is 11.6 Å². The number of hydrogen-bond acceptors (Lipinski definition) is 2. The van der Waals surface area contributed by atoms with E-state index in [0.29, 0.717) is 5.56 Å². The smallest absolute Gasteiger partial charge is 0.142 e. The van der Waals surface area contributed by atoms with Gasteiger partial charge in [-0.2, -0.15) is 0 Å². The summed E-state index contributed by atoms with van der Waals surface area (Å²) in [5.41, 5.74) is 0.444. The molecule has 0 aliphatic rings. The highest BCUT2D eigenvalue weighted by atomic mass is 35.5. The van der Waals surface area contributed by atoms with Gasteiger partial charge in [-0.25, -0.2) is 8.78 Å². The zero-order chi connectivity index (χ0) is 14.7. The van der Waals surface area contributed by atoms with Gasteiger partial charge in [-0.15, -0.1) is 0 Å². The molecule has 1 unspecified atom stereocenters. The van der Waals surface area contributed by atoms with Crippen molar-refractivity contribution in [2.24, 2.45) is 0 Å². The Labute approximate surface area is 120 Å². The van der Waals surface area contributed by atoms with Crippen LogP contribution in [0.25, 0.3) is 0 Å². The molecule has 20 heavy (non-hydrogen) atoms. The third-order valence-corrected chi connectivity index (χ3v) is 3.43. The number of benzene rings is 2. The largest absolute Gasteiger partial charge is 0.496 e. The van der Waals surface area contributed by atoms with Crippen molar-refractivity contribution < 1.29 is 18.6 Å². The van der Waals surface area contributed by atoms with Gasteiger partial charge in [0.1, 0.15) is 17.4 Å². The van der Waals surface area contributed by atoms with Gasteiger partial charge in [-0.3, -0.25) is 0 Å². The van der Waals surface area contributed by atoms with Gasteiger partial charge in [0.15, 0.2) is 0 Å². The van der Waals surface area contributed by atoms with Crippen LogP contribution in [0, 0.1) is 11.6 Å². The fourth-order valence-electron chi connectivity index (χ4n) is 2.04. The minimum absolute atomic E-state index is 0.00606.